The normalized spacial score (nSPS) is 35.5. The number of allylic oxidation sites excluding steroid dienone is 2. The fourth-order valence-corrected chi connectivity index (χ4v) is 3.12. The number of terminal acetylenes is 1. The fourth-order valence-electron chi connectivity index (χ4n) is 3.12. The molecule has 1 nitrogen and oxygen atoms in total. The van der Waals surface area contributed by atoms with Gasteiger partial charge < -0.3 is 0 Å². The van der Waals surface area contributed by atoms with Gasteiger partial charge in [-0.1, -0.05) is 18.1 Å². The molecule has 4 unspecified atom stereocenters. The van der Waals surface area contributed by atoms with Crippen LogP contribution in [0.2, 0.25) is 0 Å². The van der Waals surface area contributed by atoms with Gasteiger partial charge in [0.2, 0.25) is 0 Å². The lowest BCUT2D eigenvalue weighted by atomic mass is 9.86. The first-order valence-electron chi connectivity index (χ1n) is 5.95. The maximum Gasteiger partial charge on any atom is 0.0743 e. The van der Waals surface area contributed by atoms with Crippen LogP contribution in [0.1, 0.15) is 33.6 Å². The standard InChI is InChI=1S/C14H21N/c1-5-14(3,4)15-10(2)13-9-11-6-7-12(13)8-11/h1,6-7,10-13,15H,8-9H2,2-4H3. The molecule has 4 atom stereocenters. The van der Waals surface area contributed by atoms with Crippen LogP contribution in [0.25, 0.3) is 0 Å². The van der Waals surface area contributed by atoms with Crippen molar-refractivity contribution in [3.05, 3.63) is 12.2 Å². The summed E-state index contributed by atoms with van der Waals surface area (Å²) in [5, 5.41) is 3.56. The Balaban J connectivity index is 1.96. The molecule has 82 valence electrons. The summed E-state index contributed by atoms with van der Waals surface area (Å²) < 4.78 is 0. The van der Waals surface area contributed by atoms with Gasteiger partial charge >= 0.3 is 0 Å². The van der Waals surface area contributed by atoms with E-state index in [1.165, 1.54) is 12.8 Å². The third-order valence-electron chi connectivity index (χ3n) is 3.92. The molecule has 0 heterocycles. The smallest absolute Gasteiger partial charge is 0.0743 e. The van der Waals surface area contributed by atoms with E-state index in [2.05, 4.69) is 44.2 Å². The Labute approximate surface area is 93.3 Å². The quantitative estimate of drug-likeness (QED) is 0.549. The van der Waals surface area contributed by atoms with E-state index in [0.717, 1.165) is 17.8 Å². The maximum absolute atomic E-state index is 5.50. The Hall–Kier alpha value is -0.740. The first-order chi connectivity index (χ1) is 7.02. The van der Waals surface area contributed by atoms with Crippen LogP contribution >= 0.6 is 0 Å². The van der Waals surface area contributed by atoms with Gasteiger partial charge in [0.05, 0.1) is 5.54 Å². The number of rotatable bonds is 3. The molecule has 0 aromatic carbocycles. The van der Waals surface area contributed by atoms with Gasteiger partial charge in [-0.2, -0.15) is 0 Å². The summed E-state index contributed by atoms with van der Waals surface area (Å²) in [5.74, 6) is 5.24. The van der Waals surface area contributed by atoms with E-state index >= 15 is 0 Å². The number of hydrogen-bond donors (Lipinski definition) is 1. The van der Waals surface area contributed by atoms with Crippen molar-refractivity contribution >= 4 is 0 Å². The van der Waals surface area contributed by atoms with Gasteiger partial charge in [0.25, 0.3) is 0 Å². The molecule has 2 rings (SSSR count). The zero-order valence-corrected chi connectivity index (χ0v) is 9.96. The molecule has 0 aliphatic heterocycles. The van der Waals surface area contributed by atoms with E-state index in [1.807, 2.05) is 0 Å². The van der Waals surface area contributed by atoms with Crippen LogP contribution in [0.3, 0.4) is 0 Å². The van der Waals surface area contributed by atoms with E-state index in [4.69, 9.17) is 6.42 Å². The average Bonchev–Trinajstić information content (AvgIpc) is 2.78. The topological polar surface area (TPSA) is 12.0 Å². The molecule has 2 bridgehead atoms. The Morgan fingerprint density at radius 2 is 2.13 bits per heavy atom. The van der Waals surface area contributed by atoms with Crippen molar-refractivity contribution in [3.8, 4) is 12.3 Å². The molecule has 2 aliphatic rings. The van der Waals surface area contributed by atoms with Crippen LogP contribution in [-0.2, 0) is 0 Å². The highest BCUT2D eigenvalue weighted by Gasteiger charge is 2.39. The van der Waals surface area contributed by atoms with Gasteiger partial charge in [-0.3, -0.25) is 5.32 Å². The molecule has 0 aromatic heterocycles. The zero-order chi connectivity index (χ0) is 11.1. The third kappa shape index (κ3) is 2.11. The highest BCUT2D eigenvalue weighted by atomic mass is 15.0. The number of fused-ring (bicyclic) bond motifs is 2. The minimum Gasteiger partial charge on any atom is -0.299 e. The molecule has 1 saturated carbocycles. The van der Waals surface area contributed by atoms with E-state index < -0.39 is 0 Å². The summed E-state index contributed by atoms with van der Waals surface area (Å²) in [7, 11) is 0. The highest BCUT2D eigenvalue weighted by molar-refractivity contribution is 5.14. The van der Waals surface area contributed by atoms with Crippen molar-refractivity contribution in [2.75, 3.05) is 0 Å². The van der Waals surface area contributed by atoms with Gasteiger partial charge in [0.15, 0.2) is 0 Å². The second-order valence-corrected chi connectivity index (χ2v) is 5.65. The summed E-state index contributed by atoms with van der Waals surface area (Å²) >= 11 is 0. The van der Waals surface area contributed by atoms with Crippen molar-refractivity contribution in [2.24, 2.45) is 17.8 Å². The van der Waals surface area contributed by atoms with Crippen molar-refractivity contribution in [1.29, 1.82) is 0 Å². The molecule has 0 saturated heterocycles. The van der Waals surface area contributed by atoms with Crippen molar-refractivity contribution in [1.82, 2.24) is 5.32 Å². The molecule has 1 heteroatoms. The van der Waals surface area contributed by atoms with E-state index in [0.29, 0.717) is 6.04 Å². The minimum absolute atomic E-state index is 0.176. The van der Waals surface area contributed by atoms with Gasteiger partial charge in [-0.25, -0.2) is 0 Å². The van der Waals surface area contributed by atoms with Gasteiger partial charge in [0.1, 0.15) is 0 Å². The highest BCUT2D eigenvalue weighted by Crippen LogP contribution is 2.45. The largest absolute Gasteiger partial charge is 0.299 e. The first kappa shape index (κ1) is 10.8. The van der Waals surface area contributed by atoms with E-state index in [1.54, 1.807) is 0 Å². The van der Waals surface area contributed by atoms with Crippen molar-refractivity contribution < 1.29 is 0 Å². The predicted molar refractivity (Wildman–Crippen MR) is 64.4 cm³/mol. The number of hydrogen-bond acceptors (Lipinski definition) is 1. The van der Waals surface area contributed by atoms with Gasteiger partial charge in [-0.05, 0) is 51.4 Å². The van der Waals surface area contributed by atoms with Crippen LogP contribution < -0.4 is 5.32 Å². The molecular weight excluding hydrogens is 182 g/mol. The summed E-state index contributed by atoms with van der Waals surface area (Å²) in [6.07, 6.45) is 13.0. The fraction of sp³-hybridized carbons (Fsp3) is 0.714. The lowest BCUT2D eigenvalue weighted by Crippen LogP contribution is -2.47. The second-order valence-electron chi connectivity index (χ2n) is 5.65. The molecule has 0 radical (unpaired) electrons. The summed E-state index contributed by atoms with van der Waals surface area (Å²) in [4.78, 5) is 0. The van der Waals surface area contributed by atoms with Gasteiger partial charge in [0, 0.05) is 6.04 Å². The van der Waals surface area contributed by atoms with Crippen LogP contribution in [-0.4, -0.2) is 11.6 Å². The van der Waals surface area contributed by atoms with Gasteiger partial charge in [-0.15, -0.1) is 6.42 Å². The van der Waals surface area contributed by atoms with Crippen LogP contribution in [0.4, 0.5) is 0 Å². The first-order valence-corrected chi connectivity index (χ1v) is 5.95. The predicted octanol–water partition coefficient (Wildman–Crippen LogP) is 2.59. The molecule has 0 amide bonds. The molecule has 1 N–H and O–H groups in total. The SMILES string of the molecule is C#CC(C)(C)NC(C)C1CC2C=CC1C2. The maximum atomic E-state index is 5.50. The van der Waals surface area contributed by atoms with Crippen LogP contribution in [0.5, 0.6) is 0 Å². The van der Waals surface area contributed by atoms with Crippen molar-refractivity contribution in [3.63, 3.8) is 0 Å². The molecule has 1 fully saturated rings. The lowest BCUT2D eigenvalue weighted by Gasteiger charge is -2.32. The molecule has 0 aromatic rings. The average molecular weight is 203 g/mol. The van der Waals surface area contributed by atoms with E-state index in [9.17, 15) is 0 Å². The molecular formula is C14H21N. The van der Waals surface area contributed by atoms with Crippen LogP contribution in [0.15, 0.2) is 12.2 Å². The minimum atomic E-state index is -0.176. The Morgan fingerprint density at radius 1 is 1.40 bits per heavy atom. The van der Waals surface area contributed by atoms with E-state index in [-0.39, 0.29) is 5.54 Å². The van der Waals surface area contributed by atoms with Crippen LogP contribution in [0, 0.1) is 30.1 Å². The summed E-state index contributed by atoms with van der Waals surface area (Å²) in [5.41, 5.74) is -0.176. The second kappa shape index (κ2) is 3.68. The summed E-state index contributed by atoms with van der Waals surface area (Å²) in [6, 6.07) is 0.524. The molecule has 2 aliphatic carbocycles. The Bertz CT molecular complexity index is 308. The zero-order valence-electron chi connectivity index (χ0n) is 9.96. The number of nitrogens with one attached hydrogen (secondary N) is 1. The summed E-state index contributed by atoms with van der Waals surface area (Å²) in [6.45, 7) is 6.43. The van der Waals surface area contributed by atoms with Crippen molar-refractivity contribution in [2.45, 2.75) is 45.2 Å². The molecule has 15 heavy (non-hydrogen) atoms. The Kier molecular flexibility index (Phi) is 2.64. The molecule has 0 spiro atoms. The monoisotopic (exact) mass is 203 g/mol. The lowest BCUT2D eigenvalue weighted by molar-refractivity contribution is 0.288. The Morgan fingerprint density at radius 3 is 2.60 bits per heavy atom. The third-order valence-corrected chi connectivity index (χ3v) is 3.92.